The van der Waals surface area contributed by atoms with Gasteiger partial charge >= 0.3 is 0 Å². The number of hydrogen-bond acceptors (Lipinski definition) is 3. The fourth-order valence-corrected chi connectivity index (χ4v) is 5.72. The van der Waals surface area contributed by atoms with Crippen molar-refractivity contribution < 1.29 is 13.2 Å². The van der Waals surface area contributed by atoms with Gasteiger partial charge in [0.2, 0.25) is 15.9 Å². The predicted octanol–water partition coefficient (Wildman–Crippen LogP) is 3.14. The minimum absolute atomic E-state index is 0.0436. The van der Waals surface area contributed by atoms with Crippen LogP contribution < -0.4 is 0 Å². The van der Waals surface area contributed by atoms with Crippen LogP contribution in [0.5, 0.6) is 0 Å². The zero-order valence-electron chi connectivity index (χ0n) is 15.2. The smallest absolute Gasteiger partial charge is 0.225 e. The number of hydrogen-bond donors (Lipinski definition) is 0. The number of piperidine rings is 2. The lowest BCUT2D eigenvalue weighted by Crippen LogP contribution is -2.47. The molecule has 3 rings (SSSR count). The van der Waals surface area contributed by atoms with Crippen molar-refractivity contribution in [3.8, 4) is 0 Å². The summed E-state index contributed by atoms with van der Waals surface area (Å²) in [5.41, 5.74) is 0.693. The van der Waals surface area contributed by atoms with E-state index in [0.717, 1.165) is 19.5 Å². The largest absolute Gasteiger partial charge is 0.342 e. The Morgan fingerprint density at radius 2 is 1.92 bits per heavy atom. The van der Waals surface area contributed by atoms with Crippen molar-refractivity contribution in [2.75, 3.05) is 26.2 Å². The topological polar surface area (TPSA) is 57.7 Å². The van der Waals surface area contributed by atoms with Crippen molar-refractivity contribution in [2.45, 2.75) is 38.4 Å². The van der Waals surface area contributed by atoms with Crippen LogP contribution in [0.4, 0.5) is 0 Å². The summed E-state index contributed by atoms with van der Waals surface area (Å²) in [4.78, 5) is 14.7. The summed E-state index contributed by atoms with van der Waals surface area (Å²) < 4.78 is 26.9. The highest BCUT2D eigenvalue weighted by molar-refractivity contribution is 7.88. The number of likely N-dealkylation sites (tertiary alicyclic amines) is 1. The average molecular weight is 399 g/mol. The standard InChI is InChI=1S/C19H27ClN2O3S/c1-15-4-3-9-21(13-15)19(23)17-7-10-22(11-8-17)26(24,25)14-16-5-2-6-18(20)12-16/h2,5-6,12,15,17H,3-4,7-11,13-14H2,1H3/t15-/m1/s1. The molecule has 2 saturated heterocycles. The van der Waals surface area contributed by atoms with E-state index in [1.165, 1.54) is 10.7 Å². The summed E-state index contributed by atoms with van der Waals surface area (Å²) in [5, 5.41) is 0.540. The molecular weight excluding hydrogens is 372 g/mol. The van der Waals surface area contributed by atoms with Gasteiger partial charge in [-0.05, 0) is 49.3 Å². The van der Waals surface area contributed by atoms with Gasteiger partial charge in [0.15, 0.2) is 0 Å². The Kier molecular flexibility index (Phi) is 6.25. The number of nitrogens with zero attached hydrogens (tertiary/aromatic N) is 2. The zero-order chi connectivity index (χ0) is 18.7. The first kappa shape index (κ1) is 19.6. The second kappa shape index (κ2) is 8.28. The van der Waals surface area contributed by atoms with E-state index in [9.17, 15) is 13.2 Å². The van der Waals surface area contributed by atoms with Crippen LogP contribution in [0.1, 0.15) is 38.2 Å². The number of amides is 1. The lowest BCUT2D eigenvalue weighted by Gasteiger charge is -2.36. The van der Waals surface area contributed by atoms with Gasteiger partial charge in [-0.2, -0.15) is 0 Å². The van der Waals surface area contributed by atoms with Crippen LogP contribution in [0.2, 0.25) is 5.02 Å². The molecule has 2 fully saturated rings. The molecule has 1 atom stereocenters. The van der Waals surface area contributed by atoms with Crippen molar-refractivity contribution in [3.05, 3.63) is 34.9 Å². The van der Waals surface area contributed by atoms with Gasteiger partial charge in [-0.3, -0.25) is 4.79 Å². The molecule has 0 aromatic heterocycles. The van der Waals surface area contributed by atoms with Crippen LogP contribution in [0.3, 0.4) is 0 Å². The summed E-state index contributed by atoms with van der Waals surface area (Å²) >= 11 is 5.95. The van der Waals surface area contributed by atoms with Gasteiger partial charge in [0, 0.05) is 37.1 Å². The van der Waals surface area contributed by atoms with Crippen molar-refractivity contribution in [2.24, 2.45) is 11.8 Å². The zero-order valence-corrected chi connectivity index (χ0v) is 16.8. The molecular formula is C19H27ClN2O3S. The normalized spacial score (nSPS) is 23.2. The lowest BCUT2D eigenvalue weighted by atomic mass is 9.93. The molecule has 5 nitrogen and oxygen atoms in total. The molecule has 2 aliphatic rings. The van der Waals surface area contributed by atoms with Gasteiger partial charge in [-0.15, -0.1) is 0 Å². The molecule has 1 amide bonds. The van der Waals surface area contributed by atoms with E-state index < -0.39 is 10.0 Å². The molecule has 0 saturated carbocycles. The fourth-order valence-electron chi connectivity index (χ4n) is 3.96. The second-order valence-electron chi connectivity index (χ2n) is 7.59. The summed E-state index contributed by atoms with van der Waals surface area (Å²) in [6.07, 6.45) is 3.47. The maximum Gasteiger partial charge on any atom is 0.225 e. The minimum atomic E-state index is -3.39. The third-order valence-corrected chi connectivity index (χ3v) is 7.49. The minimum Gasteiger partial charge on any atom is -0.342 e. The third kappa shape index (κ3) is 4.78. The molecule has 0 N–H and O–H groups in total. The molecule has 1 aromatic rings. The van der Waals surface area contributed by atoms with Gasteiger partial charge in [0.25, 0.3) is 0 Å². The van der Waals surface area contributed by atoms with Crippen LogP contribution in [-0.4, -0.2) is 49.7 Å². The Morgan fingerprint density at radius 3 is 2.58 bits per heavy atom. The van der Waals surface area contributed by atoms with E-state index in [4.69, 9.17) is 11.6 Å². The average Bonchev–Trinajstić information content (AvgIpc) is 2.61. The van der Waals surface area contributed by atoms with E-state index in [1.54, 1.807) is 24.3 Å². The molecule has 7 heteroatoms. The van der Waals surface area contributed by atoms with Gasteiger partial charge < -0.3 is 4.90 Å². The van der Waals surface area contributed by atoms with Gasteiger partial charge in [0.05, 0.1) is 5.75 Å². The van der Waals surface area contributed by atoms with Crippen molar-refractivity contribution in [3.63, 3.8) is 0 Å². The van der Waals surface area contributed by atoms with E-state index >= 15 is 0 Å². The molecule has 0 aliphatic carbocycles. The third-order valence-electron chi connectivity index (χ3n) is 5.40. The van der Waals surface area contributed by atoms with E-state index in [-0.39, 0.29) is 17.6 Å². The first-order valence-corrected chi connectivity index (χ1v) is 11.3. The van der Waals surface area contributed by atoms with Gasteiger partial charge in [-0.1, -0.05) is 30.7 Å². The molecule has 2 heterocycles. The number of halogens is 1. The van der Waals surface area contributed by atoms with Crippen LogP contribution in [-0.2, 0) is 20.6 Å². The van der Waals surface area contributed by atoms with E-state index in [2.05, 4.69) is 6.92 Å². The number of sulfonamides is 1. The molecule has 0 unspecified atom stereocenters. The molecule has 0 radical (unpaired) electrons. The highest BCUT2D eigenvalue weighted by Crippen LogP contribution is 2.26. The number of rotatable bonds is 4. The molecule has 0 spiro atoms. The van der Waals surface area contributed by atoms with E-state index in [1.807, 2.05) is 4.90 Å². The van der Waals surface area contributed by atoms with Crippen molar-refractivity contribution in [1.82, 2.24) is 9.21 Å². The Bertz CT molecular complexity index is 745. The van der Waals surface area contributed by atoms with Crippen molar-refractivity contribution >= 4 is 27.5 Å². The monoisotopic (exact) mass is 398 g/mol. The SMILES string of the molecule is C[C@@H]1CCCN(C(=O)C2CCN(S(=O)(=O)Cc3cccc(Cl)c3)CC2)C1. The highest BCUT2D eigenvalue weighted by atomic mass is 35.5. The fraction of sp³-hybridized carbons (Fsp3) is 0.632. The summed E-state index contributed by atoms with van der Waals surface area (Å²) in [6.45, 7) is 4.71. The number of carbonyl (C=O) groups excluding carboxylic acids is 1. The van der Waals surface area contributed by atoms with Gasteiger partial charge in [-0.25, -0.2) is 12.7 Å². The maximum atomic E-state index is 12.7. The summed E-state index contributed by atoms with van der Waals surface area (Å²) in [7, 11) is -3.39. The van der Waals surface area contributed by atoms with E-state index in [0.29, 0.717) is 42.4 Å². The van der Waals surface area contributed by atoms with Crippen molar-refractivity contribution in [1.29, 1.82) is 0 Å². The first-order valence-electron chi connectivity index (χ1n) is 9.36. The Labute approximate surface area is 161 Å². The highest BCUT2D eigenvalue weighted by Gasteiger charge is 2.34. The quantitative estimate of drug-likeness (QED) is 0.782. The second-order valence-corrected chi connectivity index (χ2v) is 10.00. The van der Waals surface area contributed by atoms with Crippen LogP contribution >= 0.6 is 11.6 Å². The summed E-state index contributed by atoms with van der Waals surface area (Å²) in [6, 6.07) is 6.96. The molecule has 26 heavy (non-hydrogen) atoms. The van der Waals surface area contributed by atoms with Crippen LogP contribution in [0.15, 0.2) is 24.3 Å². The van der Waals surface area contributed by atoms with Crippen LogP contribution in [0, 0.1) is 11.8 Å². The molecule has 144 valence electrons. The Balaban J connectivity index is 1.56. The lowest BCUT2D eigenvalue weighted by molar-refractivity contribution is -0.138. The van der Waals surface area contributed by atoms with Gasteiger partial charge in [0.1, 0.15) is 0 Å². The Morgan fingerprint density at radius 1 is 1.19 bits per heavy atom. The Hall–Kier alpha value is -1.11. The molecule has 2 aliphatic heterocycles. The van der Waals surface area contributed by atoms with Crippen LogP contribution in [0.25, 0.3) is 0 Å². The predicted molar refractivity (Wildman–Crippen MR) is 103 cm³/mol. The maximum absolute atomic E-state index is 12.7. The first-order chi connectivity index (χ1) is 12.3. The summed E-state index contributed by atoms with van der Waals surface area (Å²) in [5.74, 6) is 0.683. The molecule has 0 bridgehead atoms. The number of carbonyl (C=O) groups is 1. The molecule has 1 aromatic carbocycles. The number of benzene rings is 1.